The fourth-order valence-electron chi connectivity index (χ4n) is 1.05. The zero-order valence-electron chi connectivity index (χ0n) is 6.52. The normalized spacial score (nSPS) is 9.50. The van der Waals surface area contributed by atoms with Gasteiger partial charge in [-0.15, -0.1) is 0 Å². The van der Waals surface area contributed by atoms with Gasteiger partial charge in [0.05, 0.1) is 0 Å². The summed E-state index contributed by atoms with van der Waals surface area (Å²) in [7, 11) is 0. The van der Waals surface area contributed by atoms with E-state index < -0.39 is 0 Å². The Kier molecular flexibility index (Phi) is 2.72. The standard InChI is InChI=1S/C9H9.Na/c1-8(2)9-6-4-3-5-7-9;/h3-6H,1H2,2H3;. The van der Waals surface area contributed by atoms with E-state index in [1.165, 1.54) is 13.9 Å². The van der Waals surface area contributed by atoms with Gasteiger partial charge in [0.1, 0.15) is 0 Å². The van der Waals surface area contributed by atoms with Crippen molar-refractivity contribution >= 4 is 36.3 Å². The predicted molar refractivity (Wildman–Crippen MR) is 46.5 cm³/mol. The summed E-state index contributed by atoms with van der Waals surface area (Å²) in [5.74, 6) is 0. The Hall–Kier alpha value is -0.0400. The summed E-state index contributed by atoms with van der Waals surface area (Å²) in [6, 6.07) is 8.43. The summed E-state index contributed by atoms with van der Waals surface area (Å²) >= 11 is 1.11. The molecule has 0 aliphatic rings. The van der Waals surface area contributed by atoms with Crippen LogP contribution in [-0.4, -0.2) is 27.9 Å². The molecule has 0 aliphatic heterocycles. The van der Waals surface area contributed by atoms with Gasteiger partial charge in [-0.2, -0.15) is 0 Å². The van der Waals surface area contributed by atoms with Gasteiger partial charge >= 0.3 is 79.6 Å². The molecule has 1 heteroatoms. The molecule has 0 saturated heterocycles. The summed E-state index contributed by atoms with van der Waals surface area (Å²) in [6.45, 7) is 5.96. The van der Waals surface area contributed by atoms with Gasteiger partial charge in [0.15, 0.2) is 0 Å². The molecule has 0 aromatic heterocycles. The third-order valence-electron chi connectivity index (χ3n) is 1.60. The molecule has 1 aromatic carbocycles. The van der Waals surface area contributed by atoms with Gasteiger partial charge in [0.25, 0.3) is 0 Å². The second-order valence-corrected chi connectivity index (χ2v) is 3.67. The Bertz CT molecular complexity index is 251. The second-order valence-electron chi connectivity index (χ2n) is 2.60. The van der Waals surface area contributed by atoms with E-state index in [1.807, 2.05) is 0 Å². The first-order valence-electron chi connectivity index (χ1n) is 3.43. The van der Waals surface area contributed by atoms with Crippen molar-refractivity contribution in [2.24, 2.45) is 0 Å². The fraction of sp³-hybridized carbons (Fsp3) is 0.111. The monoisotopic (exact) mass is 140 g/mol. The van der Waals surface area contributed by atoms with E-state index in [-0.39, 0.29) is 0 Å². The zero-order chi connectivity index (χ0) is 7.56. The van der Waals surface area contributed by atoms with Gasteiger partial charge in [-0.05, 0) is 0 Å². The molecule has 0 saturated carbocycles. The topological polar surface area (TPSA) is 0 Å². The minimum absolute atomic E-state index is 1.11. The van der Waals surface area contributed by atoms with Gasteiger partial charge in [-0.1, -0.05) is 0 Å². The fourth-order valence-corrected chi connectivity index (χ4v) is 1.84. The number of rotatable bonds is 1. The molecule has 0 atom stereocenters. The Morgan fingerprint density at radius 3 is 2.40 bits per heavy atom. The molecule has 0 bridgehead atoms. The number of benzene rings is 1. The van der Waals surface area contributed by atoms with E-state index >= 15 is 0 Å². The van der Waals surface area contributed by atoms with Crippen LogP contribution < -0.4 is 2.81 Å². The quantitative estimate of drug-likeness (QED) is 0.519. The molecular formula is C9H9Na. The average Bonchev–Trinajstić information content (AvgIpc) is 1.88. The Labute approximate surface area is 79.4 Å². The molecule has 1 aromatic rings. The maximum absolute atomic E-state index is 3.91. The molecule has 1 rings (SSSR count). The van der Waals surface area contributed by atoms with Gasteiger partial charge in [-0.25, -0.2) is 0 Å². The molecule has 0 radical (unpaired) electrons. The molecule has 0 aliphatic carbocycles. The molecule has 46 valence electrons. The van der Waals surface area contributed by atoms with Crippen LogP contribution in [0.25, 0.3) is 5.57 Å². The van der Waals surface area contributed by atoms with Crippen LogP contribution in [0.3, 0.4) is 0 Å². The molecule has 0 fully saturated rings. The van der Waals surface area contributed by atoms with Gasteiger partial charge in [-0.3, -0.25) is 0 Å². The van der Waals surface area contributed by atoms with E-state index in [0.717, 1.165) is 27.9 Å². The predicted octanol–water partition coefficient (Wildman–Crippen LogP) is 1.51. The first-order valence-corrected chi connectivity index (χ1v) is 4.43. The maximum atomic E-state index is 3.91. The third kappa shape index (κ3) is 1.72. The van der Waals surface area contributed by atoms with Crippen molar-refractivity contribution in [3.63, 3.8) is 0 Å². The Morgan fingerprint density at radius 2 is 2.00 bits per heavy atom. The Balaban J connectivity index is 3.15. The summed E-state index contributed by atoms with van der Waals surface area (Å²) in [5, 5.41) is 0. The first kappa shape index (κ1) is 8.06. The van der Waals surface area contributed by atoms with Crippen LogP contribution >= 0.6 is 0 Å². The van der Waals surface area contributed by atoms with Crippen LogP contribution in [0, 0.1) is 0 Å². The van der Waals surface area contributed by atoms with Gasteiger partial charge in [0, 0.05) is 0 Å². The van der Waals surface area contributed by atoms with E-state index in [1.54, 1.807) is 0 Å². The molecule has 0 spiro atoms. The minimum atomic E-state index is 1.11. The zero-order valence-corrected chi connectivity index (χ0v) is 8.52. The van der Waals surface area contributed by atoms with Crippen LogP contribution in [0.2, 0.25) is 0 Å². The first-order chi connectivity index (χ1) is 4.72. The molecule has 0 unspecified atom stereocenters. The van der Waals surface area contributed by atoms with Crippen LogP contribution in [0.5, 0.6) is 0 Å². The van der Waals surface area contributed by atoms with Gasteiger partial charge < -0.3 is 0 Å². The van der Waals surface area contributed by atoms with Crippen LogP contribution in [-0.2, 0) is 0 Å². The number of allylic oxidation sites excluding steroid dienone is 1. The van der Waals surface area contributed by atoms with Crippen molar-refractivity contribution in [1.29, 1.82) is 0 Å². The van der Waals surface area contributed by atoms with Crippen molar-refractivity contribution in [1.82, 2.24) is 0 Å². The Morgan fingerprint density at radius 1 is 1.40 bits per heavy atom. The van der Waals surface area contributed by atoms with Gasteiger partial charge in [0.2, 0.25) is 0 Å². The van der Waals surface area contributed by atoms with Crippen molar-refractivity contribution in [2.75, 3.05) is 0 Å². The molecule has 0 amide bonds. The summed E-state index contributed by atoms with van der Waals surface area (Å²) < 4.78 is 1.44. The molecule has 0 heterocycles. The molecular weight excluding hydrogens is 131 g/mol. The summed E-state index contributed by atoms with van der Waals surface area (Å²) in [5.41, 5.74) is 2.50. The van der Waals surface area contributed by atoms with Crippen LogP contribution in [0.1, 0.15) is 12.5 Å². The molecule has 0 N–H and O–H groups in total. The van der Waals surface area contributed by atoms with Crippen molar-refractivity contribution in [2.45, 2.75) is 6.92 Å². The van der Waals surface area contributed by atoms with Crippen LogP contribution in [0.4, 0.5) is 0 Å². The SMILES string of the molecule is C=C(C)c1cccc[c]1[Na]. The second kappa shape index (κ2) is 3.38. The van der Waals surface area contributed by atoms with Crippen LogP contribution in [0.15, 0.2) is 30.8 Å². The third-order valence-corrected chi connectivity index (χ3v) is 2.48. The number of hydrogen-bond donors (Lipinski definition) is 0. The van der Waals surface area contributed by atoms with E-state index in [2.05, 4.69) is 37.8 Å². The summed E-state index contributed by atoms with van der Waals surface area (Å²) in [4.78, 5) is 0. The van der Waals surface area contributed by atoms with E-state index in [0.29, 0.717) is 0 Å². The van der Waals surface area contributed by atoms with Crippen molar-refractivity contribution < 1.29 is 0 Å². The molecule has 0 nitrogen and oxygen atoms in total. The summed E-state index contributed by atoms with van der Waals surface area (Å²) in [6.07, 6.45) is 0. The van der Waals surface area contributed by atoms with Crippen molar-refractivity contribution in [3.8, 4) is 0 Å². The van der Waals surface area contributed by atoms with E-state index in [4.69, 9.17) is 0 Å². The number of hydrogen-bond acceptors (Lipinski definition) is 0. The van der Waals surface area contributed by atoms with E-state index in [9.17, 15) is 0 Å². The molecule has 10 heavy (non-hydrogen) atoms. The average molecular weight is 140 g/mol. The van der Waals surface area contributed by atoms with Crippen molar-refractivity contribution in [3.05, 3.63) is 36.4 Å².